The number of aliphatic hydroxyl groups excluding tert-OH is 1. The van der Waals surface area contributed by atoms with E-state index >= 15 is 0 Å². The summed E-state index contributed by atoms with van der Waals surface area (Å²) >= 11 is 6.14. The summed E-state index contributed by atoms with van der Waals surface area (Å²) in [6.45, 7) is 3.20. The molecule has 0 bridgehead atoms. The third kappa shape index (κ3) is 4.21. The Hall–Kier alpha value is -1.54. The molecule has 1 aromatic rings. The first-order chi connectivity index (χ1) is 10.1. The smallest absolute Gasteiger partial charge is 0.253 e. The summed E-state index contributed by atoms with van der Waals surface area (Å²) in [7, 11) is 2.07. The number of hydrogen-bond acceptors (Lipinski definition) is 3. The largest absolute Gasteiger partial charge is 0.384 e. The molecular formula is C16H19ClN2O2. The van der Waals surface area contributed by atoms with Crippen molar-refractivity contribution in [3.8, 4) is 11.8 Å². The normalized spacial score (nSPS) is 16.0. The summed E-state index contributed by atoms with van der Waals surface area (Å²) < 4.78 is 0. The number of hydrogen-bond donors (Lipinski definition) is 1. The molecule has 5 heteroatoms. The lowest BCUT2D eigenvalue weighted by Gasteiger charge is -2.20. The van der Waals surface area contributed by atoms with Crippen LogP contribution in [0.25, 0.3) is 0 Å². The molecule has 1 aliphatic heterocycles. The molecule has 0 radical (unpaired) electrons. The van der Waals surface area contributed by atoms with Gasteiger partial charge in [-0.05, 0) is 38.2 Å². The molecule has 4 nitrogen and oxygen atoms in total. The van der Waals surface area contributed by atoms with Gasteiger partial charge in [-0.15, -0.1) is 0 Å². The van der Waals surface area contributed by atoms with E-state index in [0.717, 1.165) is 32.6 Å². The van der Waals surface area contributed by atoms with E-state index in [9.17, 15) is 4.79 Å². The second kappa shape index (κ2) is 7.46. The van der Waals surface area contributed by atoms with Crippen LogP contribution in [0.15, 0.2) is 18.2 Å². The summed E-state index contributed by atoms with van der Waals surface area (Å²) in [5.74, 6) is 5.32. The summed E-state index contributed by atoms with van der Waals surface area (Å²) in [6, 6.07) is 5.12. The first kappa shape index (κ1) is 15.8. The van der Waals surface area contributed by atoms with Crippen LogP contribution in [-0.2, 0) is 0 Å². The highest BCUT2D eigenvalue weighted by Gasteiger charge is 2.19. The Morgan fingerprint density at radius 3 is 2.86 bits per heavy atom. The highest BCUT2D eigenvalue weighted by molar-refractivity contribution is 6.32. The third-order valence-corrected chi connectivity index (χ3v) is 3.84. The first-order valence-corrected chi connectivity index (χ1v) is 7.36. The van der Waals surface area contributed by atoms with E-state index in [1.54, 1.807) is 18.2 Å². The number of aliphatic hydroxyl groups is 1. The molecule has 1 aliphatic rings. The fourth-order valence-electron chi connectivity index (χ4n) is 2.32. The standard InChI is InChI=1S/C16H19ClN2O2/c1-18-7-3-8-19(10-9-18)16(21)14-6-5-13(4-2-11-20)15(17)12-14/h5-6,12,20H,3,7-11H2,1H3. The number of benzene rings is 1. The first-order valence-electron chi connectivity index (χ1n) is 6.99. The summed E-state index contributed by atoms with van der Waals surface area (Å²) in [6.07, 6.45) is 0.982. The number of carbonyl (C=O) groups is 1. The van der Waals surface area contributed by atoms with E-state index in [4.69, 9.17) is 16.7 Å². The maximum atomic E-state index is 12.5. The quantitative estimate of drug-likeness (QED) is 0.799. The monoisotopic (exact) mass is 306 g/mol. The van der Waals surface area contributed by atoms with Gasteiger partial charge in [0.05, 0.1) is 5.02 Å². The van der Waals surface area contributed by atoms with Gasteiger partial charge in [-0.3, -0.25) is 4.79 Å². The van der Waals surface area contributed by atoms with Gasteiger partial charge in [0.25, 0.3) is 5.91 Å². The Labute approximate surface area is 130 Å². The molecule has 0 aliphatic carbocycles. The van der Waals surface area contributed by atoms with Crippen molar-refractivity contribution in [1.29, 1.82) is 0 Å². The Bertz CT molecular complexity index is 577. The average Bonchev–Trinajstić information content (AvgIpc) is 2.70. The van der Waals surface area contributed by atoms with Crippen LogP contribution in [0.1, 0.15) is 22.3 Å². The topological polar surface area (TPSA) is 43.8 Å². The Balaban J connectivity index is 2.14. The zero-order chi connectivity index (χ0) is 15.2. The summed E-state index contributed by atoms with van der Waals surface area (Å²) in [4.78, 5) is 16.6. The van der Waals surface area contributed by atoms with E-state index in [1.807, 2.05) is 4.90 Å². The second-order valence-corrected chi connectivity index (χ2v) is 5.51. The Morgan fingerprint density at radius 1 is 1.33 bits per heavy atom. The zero-order valence-corrected chi connectivity index (χ0v) is 12.9. The highest BCUT2D eigenvalue weighted by atomic mass is 35.5. The number of likely N-dealkylation sites (N-methyl/N-ethyl adjacent to an activating group) is 1. The number of rotatable bonds is 1. The molecular weight excluding hydrogens is 288 g/mol. The van der Waals surface area contributed by atoms with E-state index in [2.05, 4.69) is 23.8 Å². The molecule has 1 fully saturated rings. The average molecular weight is 307 g/mol. The van der Waals surface area contributed by atoms with Crippen molar-refractivity contribution in [2.24, 2.45) is 0 Å². The molecule has 0 aromatic heterocycles. The molecule has 1 N–H and O–H groups in total. The van der Waals surface area contributed by atoms with Crippen molar-refractivity contribution in [2.75, 3.05) is 39.8 Å². The maximum Gasteiger partial charge on any atom is 0.253 e. The summed E-state index contributed by atoms with van der Waals surface area (Å²) in [5, 5.41) is 9.14. The molecule has 0 spiro atoms. The van der Waals surface area contributed by atoms with E-state index in [-0.39, 0.29) is 12.5 Å². The molecule has 0 atom stereocenters. The number of amides is 1. The van der Waals surface area contributed by atoms with Crippen LogP contribution in [0.5, 0.6) is 0 Å². The second-order valence-electron chi connectivity index (χ2n) is 5.10. The Kier molecular flexibility index (Phi) is 5.63. The predicted molar refractivity (Wildman–Crippen MR) is 83.4 cm³/mol. The van der Waals surface area contributed by atoms with Crippen molar-refractivity contribution >= 4 is 17.5 Å². The zero-order valence-electron chi connectivity index (χ0n) is 12.1. The van der Waals surface area contributed by atoms with Crippen molar-refractivity contribution < 1.29 is 9.90 Å². The molecule has 2 rings (SSSR count). The van der Waals surface area contributed by atoms with Gasteiger partial charge in [0, 0.05) is 30.8 Å². The minimum atomic E-state index is -0.210. The fourth-order valence-corrected chi connectivity index (χ4v) is 2.54. The summed E-state index contributed by atoms with van der Waals surface area (Å²) in [5.41, 5.74) is 1.21. The van der Waals surface area contributed by atoms with Gasteiger partial charge in [-0.25, -0.2) is 0 Å². The minimum absolute atomic E-state index is 0.00821. The maximum absolute atomic E-state index is 12.5. The molecule has 112 valence electrons. The number of nitrogens with zero attached hydrogens (tertiary/aromatic N) is 2. The molecule has 0 unspecified atom stereocenters. The fraction of sp³-hybridized carbons (Fsp3) is 0.438. The van der Waals surface area contributed by atoms with Crippen molar-refractivity contribution in [1.82, 2.24) is 9.80 Å². The van der Waals surface area contributed by atoms with Crippen LogP contribution >= 0.6 is 11.6 Å². The molecule has 21 heavy (non-hydrogen) atoms. The van der Waals surface area contributed by atoms with Gasteiger partial charge in [-0.2, -0.15) is 0 Å². The lowest BCUT2D eigenvalue weighted by molar-refractivity contribution is 0.0763. The van der Waals surface area contributed by atoms with Gasteiger partial charge in [-0.1, -0.05) is 23.4 Å². The van der Waals surface area contributed by atoms with E-state index < -0.39 is 0 Å². The molecule has 1 amide bonds. The predicted octanol–water partition coefficient (Wildman–Crippen LogP) is 1.46. The Morgan fingerprint density at radius 2 is 2.14 bits per heavy atom. The van der Waals surface area contributed by atoms with Crippen molar-refractivity contribution in [3.63, 3.8) is 0 Å². The van der Waals surface area contributed by atoms with Gasteiger partial charge in [0.2, 0.25) is 0 Å². The van der Waals surface area contributed by atoms with Gasteiger partial charge >= 0.3 is 0 Å². The van der Waals surface area contributed by atoms with Crippen molar-refractivity contribution in [3.05, 3.63) is 34.3 Å². The van der Waals surface area contributed by atoms with Gasteiger partial charge < -0.3 is 14.9 Å². The van der Waals surface area contributed by atoms with Gasteiger partial charge in [0.15, 0.2) is 0 Å². The SMILES string of the molecule is CN1CCCN(C(=O)c2ccc(C#CCO)c(Cl)c2)CC1. The van der Waals surface area contributed by atoms with Crippen LogP contribution in [-0.4, -0.2) is 60.6 Å². The van der Waals surface area contributed by atoms with Crippen LogP contribution < -0.4 is 0 Å². The van der Waals surface area contributed by atoms with Crippen molar-refractivity contribution in [2.45, 2.75) is 6.42 Å². The molecule has 0 saturated carbocycles. The van der Waals surface area contributed by atoms with Crippen LogP contribution in [0.4, 0.5) is 0 Å². The number of carbonyl (C=O) groups excluding carboxylic acids is 1. The molecule has 1 saturated heterocycles. The lowest BCUT2D eigenvalue weighted by Crippen LogP contribution is -2.34. The molecule has 1 aromatic carbocycles. The van der Waals surface area contributed by atoms with Crippen LogP contribution in [0, 0.1) is 11.8 Å². The number of halogens is 1. The van der Waals surface area contributed by atoms with Gasteiger partial charge in [0.1, 0.15) is 6.61 Å². The highest BCUT2D eigenvalue weighted by Crippen LogP contribution is 2.18. The van der Waals surface area contributed by atoms with E-state index in [1.165, 1.54) is 0 Å². The van der Waals surface area contributed by atoms with Crippen LogP contribution in [0.3, 0.4) is 0 Å². The van der Waals surface area contributed by atoms with E-state index in [0.29, 0.717) is 16.1 Å². The molecule has 1 heterocycles. The third-order valence-electron chi connectivity index (χ3n) is 3.52. The lowest BCUT2D eigenvalue weighted by atomic mass is 10.1. The minimum Gasteiger partial charge on any atom is -0.384 e. The van der Waals surface area contributed by atoms with Crippen LogP contribution in [0.2, 0.25) is 5.02 Å².